The summed E-state index contributed by atoms with van der Waals surface area (Å²) in [5.41, 5.74) is 0.951. The molecule has 0 spiro atoms. The summed E-state index contributed by atoms with van der Waals surface area (Å²) in [5.74, 6) is -0.688. The van der Waals surface area contributed by atoms with Crippen LogP contribution >= 0.6 is 0 Å². The van der Waals surface area contributed by atoms with Gasteiger partial charge in [0.2, 0.25) is 0 Å². The minimum Gasteiger partial charge on any atom is -0.462 e. The normalized spacial score (nSPS) is 11.9. The van der Waals surface area contributed by atoms with Crippen LogP contribution in [0.2, 0.25) is 0 Å². The van der Waals surface area contributed by atoms with Crippen LogP contribution in [-0.2, 0) is 19.1 Å². The molecule has 0 rings (SSSR count). The lowest BCUT2D eigenvalue weighted by atomic mass is 10.0. The molecule has 0 radical (unpaired) electrons. The quantitative estimate of drug-likeness (QED) is 0.0857. The molecule has 0 saturated heterocycles. The first-order chi connectivity index (χ1) is 16.1. The Morgan fingerprint density at radius 3 is 1.30 bits per heavy atom. The van der Waals surface area contributed by atoms with Crippen molar-refractivity contribution in [2.45, 2.75) is 150 Å². The van der Waals surface area contributed by atoms with Crippen LogP contribution in [0.4, 0.5) is 0 Å². The molecule has 0 heterocycles. The predicted molar refractivity (Wildman–Crippen MR) is 139 cm³/mol. The topological polar surface area (TPSA) is 52.6 Å². The van der Waals surface area contributed by atoms with E-state index in [1.54, 1.807) is 6.92 Å². The zero-order valence-corrected chi connectivity index (χ0v) is 22.5. The zero-order chi connectivity index (χ0) is 24.6. The summed E-state index contributed by atoms with van der Waals surface area (Å²) in [6.45, 7) is 9.21. The Kier molecular flexibility index (Phi) is 22.9. The van der Waals surface area contributed by atoms with Gasteiger partial charge in [0.1, 0.15) is 0 Å². The first-order valence-electron chi connectivity index (χ1n) is 14.1. The second-order valence-electron chi connectivity index (χ2n) is 9.43. The zero-order valence-electron chi connectivity index (χ0n) is 22.5. The molecule has 0 fully saturated rings. The van der Waals surface area contributed by atoms with Gasteiger partial charge in [-0.1, -0.05) is 117 Å². The second kappa shape index (κ2) is 23.8. The van der Waals surface area contributed by atoms with Crippen LogP contribution < -0.4 is 0 Å². The van der Waals surface area contributed by atoms with E-state index in [1.807, 2.05) is 0 Å². The molecular weight excluding hydrogens is 412 g/mol. The van der Waals surface area contributed by atoms with Gasteiger partial charge in [-0.3, -0.25) is 0 Å². The Labute approximate surface area is 205 Å². The fourth-order valence-electron chi connectivity index (χ4n) is 3.94. The van der Waals surface area contributed by atoms with E-state index in [2.05, 4.69) is 20.8 Å². The van der Waals surface area contributed by atoms with Crippen LogP contribution in [-0.4, -0.2) is 25.2 Å². The van der Waals surface area contributed by atoms with E-state index >= 15 is 0 Å². The SMILES string of the molecule is CCCCCCCCOC(=O)C(C)=C(CCCCCCCC)C(=O)OCCCCCCCC. The average molecular weight is 467 g/mol. The molecule has 4 nitrogen and oxygen atoms in total. The third kappa shape index (κ3) is 18.8. The Hall–Kier alpha value is -1.32. The first kappa shape index (κ1) is 31.7. The maximum absolute atomic E-state index is 12.8. The highest BCUT2D eigenvalue weighted by Gasteiger charge is 2.20. The fourth-order valence-corrected chi connectivity index (χ4v) is 3.94. The van der Waals surface area contributed by atoms with Crippen molar-refractivity contribution >= 4 is 11.9 Å². The van der Waals surface area contributed by atoms with Crippen molar-refractivity contribution in [2.75, 3.05) is 13.2 Å². The molecular formula is C29H54O4. The van der Waals surface area contributed by atoms with Crippen molar-refractivity contribution in [1.29, 1.82) is 0 Å². The maximum Gasteiger partial charge on any atom is 0.334 e. The molecule has 0 saturated carbocycles. The van der Waals surface area contributed by atoms with Crippen molar-refractivity contribution in [3.63, 3.8) is 0 Å². The Bertz CT molecular complexity index is 510. The van der Waals surface area contributed by atoms with Gasteiger partial charge in [0.05, 0.1) is 13.2 Å². The highest BCUT2D eigenvalue weighted by molar-refractivity contribution is 5.99. The number of hydrogen-bond donors (Lipinski definition) is 0. The standard InChI is InChI=1S/C29H54O4/c1-5-8-11-14-17-20-23-27(29(31)33-25-22-19-16-13-10-7-3)26(4)28(30)32-24-21-18-15-12-9-6-2/h5-25H2,1-4H3. The van der Waals surface area contributed by atoms with E-state index in [9.17, 15) is 9.59 Å². The van der Waals surface area contributed by atoms with E-state index in [4.69, 9.17) is 9.47 Å². The summed E-state index contributed by atoms with van der Waals surface area (Å²) in [6, 6.07) is 0. The average Bonchev–Trinajstić information content (AvgIpc) is 2.81. The van der Waals surface area contributed by atoms with E-state index in [1.165, 1.54) is 77.0 Å². The van der Waals surface area contributed by atoms with Crippen LogP contribution in [0.25, 0.3) is 0 Å². The van der Waals surface area contributed by atoms with Crippen molar-refractivity contribution < 1.29 is 19.1 Å². The van der Waals surface area contributed by atoms with Crippen LogP contribution in [0.15, 0.2) is 11.1 Å². The Morgan fingerprint density at radius 2 is 0.848 bits per heavy atom. The van der Waals surface area contributed by atoms with Crippen LogP contribution in [0.5, 0.6) is 0 Å². The molecule has 33 heavy (non-hydrogen) atoms. The van der Waals surface area contributed by atoms with Crippen LogP contribution in [0, 0.1) is 0 Å². The third-order valence-corrected chi connectivity index (χ3v) is 6.25. The molecule has 0 atom stereocenters. The molecule has 194 valence electrons. The molecule has 0 aliphatic rings. The summed E-state index contributed by atoms with van der Waals surface area (Å²) in [7, 11) is 0. The molecule has 0 aliphatic heterocycles. The monoisotopic (exact) mass is 466 g/mol. The van der Waals surface area contributed by atoms with Gasteiger partial charge in [-0.05, 0) is 32.6 Å². The minimum absolute atomic E-state index is 0.328. The maximum atomic E-state index is 12.8. The number of rotatable bonds is 23. The lowest BCUT2D eigenvalue weighted by Crippen LogP contribution is -2.16. The minimum atomic E-state index is -0.360. The van der Waals surface area contributed by atoms with E-state index < -0.39 is 0 Å². The number of esters is 2. The largest absolute Gasteiger partial charge is 0.462 e. The van der Waals surface area contributed by atoms with Gasteiger partial charge in [-0.25, -0.2) is 9.59 Å². The van der Waals surface area contributed by atoms with Crippen LogP contribution in [0.3, 0.4) is 0 Å². The fraction of sp³-hybridized carbons (Fsp3) is 0.862. The highest BCUT2D eigenvalue weighted by Crippen LogP contribution is 2.19. The summed E-state index contributed by atoms with van der Waals surface area (Å²) < 4.78 is 11.0. The summed E-state index contributed by atoms with van der Waals surface area (Å²) in [4.78, 5) is 25.4. The van der Waals surface area contributed by atoms with Crippen LogP contribution in [0.1, 0.15) is 150 Å². The summed E-state index contributed by atoms with van der Waals surface area (Å²) in [6.07, 6.45) is 21.3. The Morgan fingerprint density at radius 1 is 0.485 bits per heavy atom. The Balaban J connectivity index is 4.60. The number of carbonyl (C=O) groups is 2. The van der Waals surface area contributed by atoms with E-state index in [-0.39, 0.29) is 11.9 Å². The van der Waals surface area contributed by atoms with Gasteiger partial charge in [-0.15, -0.1) is 0 Å². The molecule has 0 aromatic rings. The molecule has 0 bridgehead atoms. The van der Waals surface area contributed by atoms with E-state index in [0.717, 1.165) is 38.5 Å². The third-order valence-electron chi connectivity index (χ3n) is 6.25. The molecule has 4 heteroatoms. The molecule has 0 aliphatic carbocycles. The predicted octanol–water partition coefficient (Wildman–Crippen LogP) is 8.86. The lowest BCUT2D eigenvalue weighted by Gasteiger charge is -2.13. The lowest BCUT2D eigenvalue weighted by molar-refractivity contribution is -0.142. The smallest absolute Gasteiger partial charge is 0.334 e. The molecule has 0 aromatic carbocycles. The van der Waals surface area contributed by atoms with Gasteiger partial charge >= 0.3 is 11.9 Å². The van der Waals surface area contributed by atoms with Crippen molar-refractivity contribution in [3.8, 4) is 0 Å². The van der Waals surface area contributed by atoms with Gasteiger partial charge in [-0.2, -0.15) is 0 Å². The van der Waals surface area contributed by atoms with Gasteiger partial charge in [0.25, 0.3) is 0 Å². The first-order valence-corrected chi connectivity index (χ1v) is 14.1. The molecule has 0 amide bonds. The number of carbonyl (C=O) groups excluding carboxylic acids is 2. The van der Waals surface area contributed by atoms with Gasteiger partial charge in [0, 0.05) is 11.1 Å². The van der Waals surface area contributed by atoms with Gasteiger partial charge < -0.3 is 9.47 Å². The van der Waals surface area contributed by atoms with Crippen molar-refractivity contribution in [1.82, 2.24) is 0 Å². The van der Waals surface area contributed by atoms with E-state index in [0.29, 0.717) is 30.8 Å². The highest BCUT2D eigenvalue weighted by atomic mass is 16.5. The summed E-state index contributed by atoms with van der Waals surface area (Å²) >= 11 is 0. The number of ether oxygens (including phenoxy) is 2. The molecule has 0 N–H and O–H groups in total. The van der Waals surface area contributed by atoms with Gasteiger partial charge in [0.15, 0.2) is 0 Å². The summed E-state index contributed by atoms with van der Waals surface area (Å²) in [5, 5.41) is 0. The number of hydrogen-bond acceptors (Lipinski definition) is 4. The second-order valence-corrected chi connectivity index (χ2v) is 9.43. The molecule has 0 aromatic heterocycles. The van der Waals surface area contributed by atoms with Crippen molar-refractivity contribution in [2.24, 2.45) is 0 Å². The molecule has 0 unspecified atom stereocenters. The van der Waals surface area contributed by atoms with Crippen molar-refractivity contribution in [3.05, 3.63) is 11.1 Å². The number of unbranched alkanes of at least 4 members (excludes halogenated alkanes) is 15.